The molecule has 0 atom stereocenters. The van der Waals surface area contributed by atoms with Crippen LogP contribution in [0.5, 0.6) is 0 Å². The van der Waals surface area contributed by atoms with Gasteiger partial charge >= 0.3 is 5.82 Å². The van der Waals surface area contributed by atoms with Gasteiger partial charge in [0.05, 0.1) is 5.16 Å². The molecule has 0 radical (unpaired) electrons. The van der Waals surface area contributed by atoms with E-state index in [0.717, 1.165) is 11.1 Å². The van der Waals surface area contributed by atoms with Gasteiger partial charge in [-0.2, -0.15) is 0 Å². The first-order chi connectivity index (χ1) is 7.09. The highest BCUT2D eigenvalue weighted by atomic mass is 16.8. The first kappa shape index (κ1) is 9.51. The monoisotopic (exact) mass is 205 g/mol. The molecule has 1 aromatic heterocycles. The van der Waals surface area contributed by atoms with Crippen molar-refractivity contribution in [3.8, 4) is 11.3 Å². The summed E-state index contributed by atoms with van der Waals surface area (Å²) in [6.07, 6.45) is 0. The van der Waals surface area contributed by atoms with Crippen LogP contribution in [-0.4, -0.2) is 5.16 Å². The quantitative estimate of drug-likeness (QED) is 0.709. The zero-order chi connectivity index (χ0) is 11.0. The lowest BCUT2D eigenvalue weighted by Crippen LogP contribution is -2.25. The fourth-order valence-corrected chi connectivity index (χ4v) is 1.40. The number of anilines is 1. The minimum absolute atomic E-state index is 0.105. The van der Waals surface area contributed by atoms with Crippen LogP contribution >= 0.6 is 0 Å². The van der Waals surface area contributed by atoms with Crippen molar-refractivity contribution in [2.24, 2.45) is 0 Å². The Kier molecular flexibility index (Phi) is 2.07. The number of nitrogens with two attached hydrogens (primary N) is 1. The van der Waals surface area contributed by atoms with Crippen molar-refractivity contribution < 1.29 is 9.53 Å². The third-order valence-electron chi connectivity index (χ3n) is 2.42. The zero-order valence-electron chi connectivity index (χ0n) is 8.52. The Morgan fingerprint density at radius 3 is 2.60 bits per heavy atom. The van der Waals surface area contributed by atoms with Crippen LogP contribution in [0, 0.1) is 19.1 Å². The van der Waals surface area contributed by atoms with Crippen LogP contribution < -0.4 is 10.6 Å². The van der Waals surface area contributed by atoms with Crippen LogP contribution in [0.4, 0.5) is 5.82 Å². The standard InChI is InChI=1S/C10H11N3O2/c1-6-3-4-8(5-7(6)2)9-10(11)12-15-13(9)14/h3-5H,1-2H3,(H2,11,12). The molecule has 2 N–H and O–H groups in total. The summed E-state index contributed by atoms with van der Waals surface area (Å²) in [6.45, 7) is 3.97. The van der Waals surface area contributed by atoms with E-state index in [0.29, 0.717) is 10.5 Å². The molecule has 78 valence electrons. The average Bonchev–Trinajstić information content (AvgIpc) is 2.52. The molecule has 5 nitrogen and oxygen atoms in total. The summed E-state index contributed by atoms with van der Waals surface area (Å²) in [5.41, 5.74) is 8.76. The van der Waals surface area contributed by atoms with Crippen LogP contribution in [0.1, 0.15) is 11.1 Å². The molecule has 2 rings (SSSR count). The second kappa shape index (κ2) is 3.27. The van der Waals surface area contributed by atoms with Crippen molar-refractivity contribution in [3.05, 3.63) is 34.5 Å². The molecule has 0 bridgehead atoms. The number of nitrogen functional groups attached to an aromatic ring is 1. The summed E-state index contributed by atoms with van der Waals surface area (Å²) in [4.78, 5) is 0.319. The van der Waals surface area contributed by atoms with E-state index >= 15 is 0 Å². The third-order valence-corrected chi connectivity index (χ3v) is 2.42. The van der Waals surface area contributed by atoms with Crippen LogP contribution in [0.25, 0.3) is 11.3 Å². The van der Waals surface area contributed by atoms with Gasteiger partial charge in [-0.25, -0.2) is 0 Å². The van der Waals surface area contributed by atoms with Gasteiger partial charge in [-0.05, 0) is 35.9 Å². The average molecular weight is 205 g/mol. The molecule has 1 heterocycles. The smallest absolute Gasteiger partial charge is 0.313 e. The van der Waals surface area contributed by atoms with Gasteiger partial charge in [0.1, 0.15) is 0 Å². The van der Waals surface area contributed by atoms with Gasteiger partial charge in [0.15, 0.2) is 0 Å². The first-order valence-corrected chi connectivity index (χ1v) is 4.52. The maximum absolute atomic E-state index is 11.2. The molecule has 0 aliphatic rings. The van der Waals surface area contributed by atoms with Crippen LogP contribution in [-0.2, 0) is 0 Å². The highest BCUT2D eigenvalue weighted by Gasteiger charge is 2.18. The Hall–Kier alpha value is -2.04. The van der Waals surface area contributed by atoms with Gasteiger partial charge in [0.25, 0.3) is 0 Å². The molecule has 0 saturated heterocycles. The molecule has 0 unspecified atom stereocenters. The van der Waals surface area contributed by atoms with Crippen molar-refractivity contribution >= 4 is 5.82 Å². The fourth-order valence-electron chi connectivity index (χ4n) is 1.40. The van der Waals surface area contributed by atoms with Crippen LogP contribution in [0.2, 0.25) is 0 Å². The number of nitrogens with zero attached hydrogens (tertiary/aromatic N) is 2. The predicted molar refractivity (Wildman–Crippen MR) is 54.8 cm³/mol. The number of rotatable bonds is 1. The molecular weight excluding hydrogens is 194 g/mol. The minimum Gasteiger partial charge on any atom is -0.359 e. The van der Waals surface area contributed by atoms with Gasteiger partial charge < -0.3 is 10.9 Å². The summed E-state index contributed by atoms with van der Waals surface area (Å²) in [6, 6.07) is 5.63. The Morgan fingerprint density at radius 1 is 1.33 bits per heavy atom. The lowest BCUT2D eigenvalue weighted by atomic mass is 10.0. The van der Waals surface area contributed by atoms with E-state index in [-0.39, 0.29) is 11.5 Å². The largest absolute Gasteiger partial charge is 0.359 e. The molecule has 5 heteroatoms. The van der Waals surface area contributed by atoms with E-state index < -0.39 is 0 Å². The molecule has 1 aromatic carbocycles. The molecule has 2 aromatic rings. The number of aromatic nitrogens is 2. The van der Waals surface area contributed by atoms with E-state index in [4.69, 9.17) is 5.73 Å². The Bertz CT molecular complexity index is 486. The Morgan fingerprint density at radius 2 is 2.07 bits per heavy atom. The molecule has 0 amide bonds. The Balaban J connectivity index is 2.59. The lowest BCUT2D eigenvalue weighted by Gasteiger charge is -2.02. The van der Waals surface area contributed by atoms with E-state index in [2.05, 4.69) is 9.79 Å². The van der Waals surface area contributed by atoms with E-state index in [1.54, 1.807) is 0 Å². The zero-order valence-corrected chi connectivity index (χ0v) is 8.52. The fraction of sp³-hybridized carbons (Fsp3) is 0.200. The summed E-state index contributed by atoms with van der Waals surface area (Å²) in [5, 5.41) is 14.6. The molecular formula is C10H11N3O2. The molecule has 15 heavy (non-hydrogen) atoms. The topological polar surface area (TPSA) is 79.0 Å². The van der Waals surface area contributed by atoms with E-state index in [1.165, 1.54) is 0 Å². The van der Waals surface area contributed by atoms with Crippen molar-refractivity contribution in [1.29, 1.82) is 0 Å². The number of benzene rings is 1. The number of aryl methyl sites for hydroxylation is 2. The number of hydrogen-bond acceptors (Lipinski definition) is 4. The molecule has 0 aliphatic heterocycles. The minimum atomic E-state index is 0.105. The molecule has 0 aliphatic carbocycles. The second-order valence-corrected chi connectivity index (χ2v) is 3.46. The molecule has 0 saturated carbocycles. The van der Waals surface area contributed by atoms with Gasteiger partial charge in [-0.1, -0.05) is 12.1 Å². The molecule has 0 spiro atoms. The summed E-state index contributed by atoms with van der Waals surface area (Å²) >= 11 is 0. The normalized spacial score (nSPS) is 10.5. The predicted octanol–water partition coefficient (Wildman–Crippen LogP) is 1.17. The summed E-state index contributed by atoms with van der Waals surface area (Å²) in [7, 11) is 0. The van der Waals surface area contributed by atoms with Gasteiger partial charge in [-0.15, -0.1) is 0 Å². The first-order valence-electron chi connectivity index (χ1n) is 4.52. The number of hydrogen-bond donors (Lipinski definition) is 1. The van der Waals surface area contributed by atoms with Gasteiger partial charge in [0.2, 0.25) is 5.69 Å². The van der Waals surface area contributed by atoms with Crippen molar-refractivity contribution in [3.63, 3.8) is 0 Å². The summed E-state index contributed by atoms with van der Waals surface area (Å²) in [5.74, 6) is 0.105. The van der Waals surface area contributed by atoms with Crippen molar-refractivity contribution in [1.82, 2.24) is 5.16 Å². The molecule has 0 fully saturated rings. The third kappa shape index (κ3) is 1.52. The van der Waals surface area contributed by atoms with Crippen molar-refractivity contribution in [2.75, 3.05) is 5.73 Å². The van der Waals surface area contributed by atoms with E-state index in [1.807, 2.05) is 32.0 Å². The maximum atomic E-state index is 11.2. The maximum Gasteiger partial charge on any atom is 0.313 e. The Labute approximate surface area is 86.7 Å². The highest BCUT2D eigenvalue weighted by Crippen LogP contribution is 2.22. The van der Waals surface area contributed by atoms with E-state index in [9.17, 15) is 5.21 Å². The lowest BCUT2D eigenvalue weighted by molar-refractivity contribution is -0.793. The SMILES string of the molecule is Cc1ccc(-c2c(N)no[n+]2[O-])cc1C. The summed E-state index contributed by atoms with van der Waals surface area (Å²) < 4.78 is 4.41. The highest BCUT2D eigenvalue weighted by molar-refractivity contribution is 5.67. The van der Waals surface area contributed by atoms with Gasteiger partial charge in [0, 0.05) is 5.56 Å². The van der Waals surface area contributed by atoms with Crippen molar-refractivity contribution in [2.45, 2.75) is 13.8 Å². The van der Waals surface area contributed by atoms with Crippen LogP contribution in [0.15, 0.2) is 22.8 Å². The second-order valence-electron chi connectivity index (χ2n) is 3.46. The van der Waals surface area contributed by atoms with Gasteiger partial charge in [-0.3, -0.25) is 4.63 Å². The van der Waals surface area contributed by atoms with Crippen LogP contribution in [0.3, 0.4) is 0 Å².